The van der Waals surface area contributed by atoms with E-state index in [1.165, 1.54) is 34.0 Å². The third-order valence-corrected chi connectivity index (χ3v) is 3.99. The van der Waals surface area contributed by atoms with Crippen LogP contribution >= 0.6 is 49.9 Å². The lowest BCUT2D eigenvalue weighted by Crippen LogP contribution is -1.77. The minimum atomic E-state index is 0.00463. The number of nitrogens with zero attached hydrogens (tertiary/aromatic N) is 6. The first-order valence-electron chi connectivity index (χ1n) is 4.92. The average Bonchev–Trinajstić information content (AvgIpc) is 3.23. The third kappa shape index (κ3) is 7.45. The molecule has 0 saturated carbocycles. The number of hydrogen-bond donors (Lipinski definition) is 1. The maximum Gasteiger partial charge on any atom is 0.183 e. The molecule has 7 nitrogen and oxygen atoms in total. The molecule has 106 valence electrons. The fraction of sp³-hybridized carbons (Fsp3) is 0.111. The fourth-order valence-electron chi connectivity index (χ4n) is 0.695. The molecule has 0 spiro atoms. The van der Waals surface area contributed by atoms with Crippen LogP contribution in [0.1, 0.15) is 10.0 Å². The van der Waals surface area contributed by atoms with Gasteiger partial charge in [0.05, 0.1) is 6.61 Å². The van der Waals surface area contributed by atoms with E-state index < -0.39 is 0 Å². The highest BCUT2D eigenvalue weighted by Crippen LogP contribution is 2.07. The predicted octanol–water partition coefficient (Wildman–Crippen LogP) is 2.51. The monoisotopic (exact) mass is 392 g/mol. The van der Waals surface area contributed by atoms with Crippen molar-refractivity contribution in [3.8, 4) is 0 Å². The molecule has 20 heavy (non-hydrogen) atoms. The summed E-state index contributed by atoms with van der Waals surface area (Å²) >= 11 is 7.43. The first-order valence-corrected chi connectivity index (χ1v) is 8.35. The van der Waals surface area contributed by atoms with Crippen LogP contribution in [0.5, 0.6) is 0 Å². The summed E-state index contributed by atoms with van der Waals surface area (Å²) in [5.41, 5.74) is 4.94. The SMILES string of the molecule is Brc1nncs1.C=Cc1nncs1.OCc1nncs1. The second-order valence-corrected chi connectivity index (χ2v) is 6.56. The molecule has 0 aromatic carbocycles. The van der Waals surface area contributed by atoms with Crippen molar-refractivity contribution in [1.29, 1.82) is 0 Å². The summed E-state index contributed by atoms with van der Waals surface area (Å²) in [6.07, 6.45) is 1.68. The van der Waals surface area contributed by atoms with Crippen LogP contribution in [0.3, 0.4) is 0 Å². The Bertz CT molecular complexity index is 557. The van der Waals surface area contributed by atoms with Gasteiger partial charge < -0.3 is 5.11 Å². The van der Waals surface area contributed by atoms with Gasteiger partial charge in [-0.15, -0.1) is 53.3 Å². The zero-order valence-corrected chi connectivity index (χ0v) is 14.0. The van der Waals surface area contributed by atoms with Crippen molar-refractivity contribution in [3.05, 3.63) is 37.0 Å². The molecular weight excluding hydrogens is 384 g/mol. The Labute approximate surface area is 135 Å². The van der Waals surface area contributed by atoms with E-state index in [0.29, 0.717) is 5.01 Å². The highest BCUT2D eigenvalue weighted by Gasteiger charge is 1.87. The Morgan fingerprint density at radius 3 is 1.95 bits per heavy atom. The summed E-state index contributed by atoms with van der Waals surface area (Å²) in [4.78, 5) is 0. The summed E-state index contributed by atoms with van der Waals surface area (Å²) in [5, 5.41) is 31.4. The van der Waals surface area contributed by atoms with Crippen LogP contribution < -0.4 is 0 Å². The molecule has 3 aromatic rings. The van der Waals surface area contributed by atoms with Gasteiger partial charge in [0, 0.05) is 0 Å². The maximum absolute atomic E-state index is 8.33. The minimum absolute atomic E-state index is 0.00463. The second kappa shape index (κ2) is 10.6. The van der Waals surface area contributed by atoms with E-state index in [2.05, 4.69) is 53.1 Å². The molecule has 0 amide bonds. The normalized spacial score (nSPS) is 8.90. The maximum atomic E-state index is 8.33. The molecule has 3 aromatic heterocycles. The van der Waals surface area contributed by atoms with Crippen LogP contribution in [0.4, 0.5) is 0 Å². The van der Waals surface area contributed by atoms with Gasteiger partial charge in [0.1, 0.15) is 26.5 Å². The molecule has 1 N–H and O–H groups in total. The van der Waals surface area contributed by atoms with Crippen molar-refractivity contribution in [3.63, 3.8) is 0 Å². The zero-order valence-electron chi connectivity index (χ0n) is 9.96. The summed E-state index contributed by atoms with van der Waals surface area (Å²) in [6.45, 7) is 3.52. The van der Waals surface area contributed by atoms with E-state index in [1.807, 2.05) is 0 Å². The van der Waals surface area contributed by atoms with Gasteiger partial charge in [-0.3, -0.25) is 0 Å². The molecule has 0 saturated heterocycles. The number of aliphatic hydroxyl groups excluding tert-OH is 1. The van der Waals surface area contributed by atoms with Crippen LogP contribution in [0, 0.1) is 0 Å². The highest BCUT2D eigenvalue weighted by molar-refractivity contribution is 9.11. The lowest BCUT2D eigenvalue weighted by atomic mass is 10.7. The Balaban J connectivity index is 0.000000151. The number of hydrogen-bond acceptors (Lipinski definition) is 10. The standard InChI is InChI=1S/C4H4N2S.C3H4N2OS.C2HBrN2S/c1-2-4-6-5-3-7-4;6-1-3-5-4-2-7-3;3-2-5-4-1-6-2/h2-3H,1H2;2,6H,1H2;1H. The van der Waals surface area contributed by atoms with Crippen LogP contribution in [0.2, 0.25) is 0 Å². The number of aromatic nitrogens is 6. The van der Waals surface area contributed by atoms with Gasteiger partial charge in [0.15, 0.2) is 3.92 Å². The first-order chi connectivity index (χ1) is 9.76. The van der Waals surface area contributed by atoms with Crippen molar-refractivity contribution >= 4 is 56.0 Å². The van der Waals surface area contributed by atoms with Gasteiger partial charge in [0.25, 0.3) is 0 Å². The van der Waals surface area contributed by atoms with Crippen LogP contribution in [0.25, 0.3) is 6.08 Å². The largest absolute Gasteiger partial charge is 0.389 e. The van der Waals surface area contributed by atoms with E-state index in [0.717, 1.165) is 8.92 Å². The van der Waals surface area contributed by atoms with Crippen molar-refractivity contribution in [1.82, 2.24) is 30.6 Å². The lowest BCUT2D eigenvalue weighted by Gasteiger charge is -1.74. The van der Waals surface area contributed by atoms with Gasteiger partial charge >= 0.3 is 0 Å². The number of halogens is 1. The molecule has 3 heterocycles. The zero-order chi connectivity index (χ0) is 14.6. The molecule has 0 aliphatic carbocycles. The van der Waals surface area contributed by atoms with Gasteiger partial charge in [-0.1, -0.05) is 17.9 Å². The molecule has 0 aliphatic heterocycles. The van der Waals surface area contributed by atoms with E-state index in [1.54, 1.807) is 22.6 Å². The molecule has 11 heteroatoms. The summed E-state index contributed by atoms with van der Waals surface area (Å²) in [6, 6.07) is 0. The van der Waals surface area contributed by atoms with E-state index in [9.17, 15) is 0 Å². The number of rotatable bonds is 2. The Hall–Kier alpha value is -1.14. The Morgan fingerprint density at radius 2 is 1.70 bits per heavy atom. The van der Waals surface area contributed by atoms with E-state index in [-0.39, 0.29) is 6.61 Å². The molecule has 0 bridgehead atoms. The van der Waals surface area contributed by atoms with Gasteiger partial charge in [-0.2, -0.15) is 0 Å². The van der Waals surface area contributed by atoms with E-state index in [4.69, 9.17) is 5.11 Å². The summed E-state index contributed by atoms with van der Waals surface area (Å²) in [5.74, 6) is 0. The van der Waals surface area contributed by atoms with Crippen LogP contribution in [-0.2, 0) is 6.61 Å². The van der Waals surface area contributed by atoms with Crippen LogP contribution in [0.15, 0.2) is 27.0 Å². The van der Waals surface area contributed by atoms with Gasteiger partial charge in [-0.25, -0.2) is 0 Å². The Morgan fingerprint density at radius 1 is 1.05 bits per heavy atom. The predicted molar refractivity (Wildman–Crippen MR) is 83.4 cm³/mol. The number of aliphatic hydroxyl groups is 1. The first kappa shape index (κ1) is 16.9. The van der Waals surface area contributed by atoms with Gasteiger partial charge in [-0.05, 0) is 22.0 Å². The topological polar surface area (TPSA) is 97.6 Å². The molecule has 0 aliphatic rings. The third-order valence-electron chi connectivity index (χ3n) is 1.43. The van der Waals surface area contributed by atoms with E-state index >= 15 is 0 Å². The second-order valence-electron chi connectivity index (χ2n) is 2.66. The summed E-state index contributed by atoms with van der Waals surface area (Å²) < 4.78 is 0.836. The smallest absolute Gasteiger partial charge is 0.183 e. The minimum Gasteiger partial charge on any atom is -0.389 e. The van der Waals surface area contributed by atoms with Crippen molar-refractivity contribution < 1.29 is 5.11 Å². The van der Waals surface area contributed by atoms with Crippen molar-refractivity contribution in [2.75, 3.05) is 0 Å². The Kier molecular flexibility index (Phi) is 8.98. The van der Waals surface area contributed by atoms with Crippen LogP contribution in [-0.4, -0.2) is 35.7 Å². The molecular formula is C9H9BrN6OS3. The summed E-state index contributed by atoms with van der Waals surface area (Å²) in [7, 11) is 0. The molecule has 3 rings (SSSR count). The quantitative estimate of drug-likeness (QED) is 0.714. The molecule has 0 unspecified atom stereocenters. The lowest BCUT2D eigenvalue weighted by molar-refractivity contribution is 0.280. The fourth-order valence-corrected chi connectivity index (χ4v) is 2.09. The molecule has 0 fully saturated rings. The van der Waals surface area contributed by atoms with Gasteiger partial charge in [0.2, 0.25) is 0 Å². The van der Waals surface area contributed by atoms with Crippen molar-refractivity contribution in [2.45, 2.75) is 6.61 Å². The van der Waals surface area contributed by atoms with Crippen molar-refractivity contribution in [2.24, 2.45) is 0 Å². The molecule has 0 radical (unpaired) electrons. The highest BCUT2D eigenvalue weighted by atomic mass is 79.9. The molecule has 0 atom stereocenters. The average molecular weight is 393 g/mol.